The number of hydrogen-bond donors (Lipinski definition) is 0. The second kappa shape index (κ2) is 4.69. The topological polar surface area (TPSA) is 61.8 Å². The van der Waals surface area contributed by atoms with Crippen LogP contribution in [0.2, 0.25) is 0 Å². The Balaban J connectivity index is 2.20. The van der Waals surface area contributed by atoms with Crippen LogP contribution in [0.15, 0.2) is 12.7 Å². The Morgan fingerprint density at radius 1 is 1.30 bits per heavy atom. The molecule has 0 bridgehead atoms. The molecule has 1 aliphatic carbocycles. The number of alkyl halides is 3. The molecule has 2 rings (SSSR count). The highest BCUT2D eigenvalue weighted by atomic mass is 32.2. The van der Waals surface area contributed by atoms with Crippen LogP contribution >= 0.6 is 0 Å². The van der Waals surface area contributed by atoms with Gasteiger partial charge in [-0.15, -0.1) is 6.58 Å². The van der Waals surface area contributed by atoms with Crippen molar-refractivity contribution in [2.24, 2.45) is 5.92 Å². The van der Waals surface area contributed by atoms with Gasteiger partial charge in [-0.05, 0) is 20.3 Å². The SMILES string of the molecule is C=CC1CC(OS(=O)(=O)C(F)(F)F)C2OC(C)(C)OC12. The quantitative estimate of drug-likeness (QED) is 0.452. The van der Waals surface area contributed by atoms with Gasteiger partial charge in [0, 0.05) is 5.92 Å². The summed E-state index contributed by atoms with van der Waals surface area (Å²) < 4.78 is 74.5. The van der Waals surface area contributed by atoms with Crippen LogP contribution in [0.5, 0.6) is 0 Å². The smallest absolute Gasteiger partial charge is 0.344 e. The minimum absolute atomic E-state index is 0.0459. The molecule has 0 amide bonds. The minimum Gasteiger partial charge on any atom is -0.344 e. The molecule has 0 spiro atoms. The van der Waals surface area contributed by atoms with Crippen molar-refractivity contribution in [1.82, 2.24) is 0 Å². The van der Waals surface area contributed by atoms with Crippen LogP contribution < -0.4 is 0 Å². The number of fused-ring (bicyclic) bond motifs is 1. The van der Waals surface area contributed by atoms with Gasteiger partial charge in [0.2, 0.25) is 0 Å². The summed E-state index contributed by atoms with van der Waals surface area (Å²) in [5.74, 6) is -1.32. The van der Waals surface area contributed by atoms with E-state index in [1.54, 1.807) is 13.8 Å². The van der Waals surface area contributed by atoms with E-state index in [1.807, 2.05) is 0 Å². The fourth-order valence-corrected chi connectivity index (χ4v) is 3.14. The maximum absolute atomic E-state index is 12.4. The summed E-state index contributed by atoms with van der Waals surface area (Å²) in [4.78, 5) is 0. The molecule has 1 aliphatic heterocycles. The average Bonchev–Trinajstić information content (AvgIpc) is 2.71. The van der Waals surface area contributed by atoms with E-state index in [0.717, 1.165) is 0 Å². The predicted octanol–water partition coefficient (Wildman–Crippen LogP) is 1.95. The Kier molecular flexibility index (Phi) is 3.69. The molecule has 0 aromatic heterocycles. The Morgan fingerprint density at radius 2 is 1.85 bits per heavy atom. The Hall–Kier alpha value is -0.640. The Labute approximate surface area is 114 Å². The molecular formula is C11H15F3O5S. The third kappa shape index (κ3) is 2.72. The normalized spacial score (nSPS) is 36.9. The minimum atomic E-state index is -5.66. The number of hydrogen-bond acceptors (Lipinski definition) is 5. The van der Waals surface area contributed by atoms with E-state index in [-0.39, 0.29) is 12.3 Å². The molecular weight excluding hydrogens is 301 g/mol. The zero-order valence-corrected chi connectivity index (χ0v) is 11.7. The highest BCUT2D eigenvalue weighted by Gasteiger charge is 2.57. The first-order valence-electron chi connectivity index (χ1n) is 5.94. The van der Waals surface area contributed by atoms with Crippen LogP contribution in [0.4, 0.5) is 13.2 Å². The molecule has 9 heteroatoms. The van der Waals surface area contributed by atoms with Gasteiger partial charge in [-0.1, -0.05) is 6.08 Å². The highest BCUT2D eigenvalue weighted by molar-refractivity contribution is 7.87. The van der Waals surface area contributed by atoms with Gasteiger partial charge in [-0.3, -0.25) is 4.18 Å². The Morgan fingerprint density at radius 3 is 2.35 bits per heavy atom. The molecule has 2 fully saturated rings. The van der Waals surface area contributed by atoms with E-state index < -0.39 is 39.7 Å². The lowest BCUT2D eigenvalue weighted by Gasteiger charge is -2.22. The first-order valence-corrected chi connectivity index (χ1v) is 7.35. The van der Waals surface area contributed by atoms with Gasteiger partial charge in [0.1, 0.15) is 12.2 Å². The predicted molar refractivity (Wildman–Crippen MR) is 62.0 cm³/mol. The van der Waals surface area contributed by atoms with Crippen molar-refractivity contribution in [3.8, 4) is 0 Å². The van der Waals surface area contributed by atoms with Gasteiger partial charge >= 0.3 is 15.6 Å². The van der Waals surface area contributed by atoms with Gasteiger partial charge in [-0.25, -0.2) is 0 Å². The Bertz CT molecular complexity index is 499. The van der Waals surface area contributed by atoms with Crippen molar-refractivity contribution < 1.29 is 35.2 Å². The van der Waals surface area contributed by atoms with E-state index in [1.165, 1.54) is 6.08 Å². The van der Waals surface area contributed by atoms with Gasteiger partial charge in [0.15, 0.2) is 5.79 Å². The molecule has 2 aliphatic rings. The van der Waals surface area contributed by atoms with Crippen LogP contribution in [0.3, 0.4) is 0 Å². The summed E-state index contributed by atoms with van der Waals surface area (Å²) in [6.45, 7) is 6.76. The van der Waals surface area contributed by atoms with Crippen LogP contribution in [-0.2, 0) is 23.8 Å². The number of ether oxygens (including phenoxy) is 2. The second-order valence-electron chi connectivity index (χ2n) is 5.23. The largest absolute Gasteiger partial charge is 0.523 e. The third-order valence-corrected chi connectivity index (χ3v) is 4.36. The van der Waals surface area contributed by atoms with Crippen molar-refractivity contribution in [2.75, 3.05) is 0 Å². The van der Waals surface area contributed by atoms with Crippen molar-refractivity contribution in [3.63, 3.8) is 0 Å². The van der Waals surface area contributed by atoms with E-state index >= 15 is 0 Å². The summed E-state index contributed by atoms with van der Waals surface area (Å²) in [7, 11) is -5.66. The lowest BCUT2D eigenvalue weighted by Crippen LogP contribution is -2.36. The van der Waals surface area contributed by atoms with Crippen molar-refractivity contribution >= 4 is 10.1 Å². The van der Waals surface area contributed by atoms with Crippen LogP contribution in [0, 0.1) is 5.92 Å². The summed E-state index contributed by atoms with van der Waals surface area (Å²) in [5.41, 5.74) is -5.45. The summed E-state index contributed by atoms with van der Waals surface area (Å²) in [6, 6.07) is 0. The average molecular weight is 316 g/mol. The van der Waals surface area contributed by atoms with Crippen molar-refractivity contribution in [1.29, 1.82) is 0 Å². The standard InChI is InChI=1S/C11H15F3O5S/c1-4-6-5-7(19-20(15,16)11(12,13)14)9-8(6)17-10(2,3)18-9/h4,6-9H,1,5H2,2-3H3. The molecule has 116 valence electrons. The molecule has 0 aromatic carbocycles. The van der Waals surface area contributed by atoms with E-state index in [2.05, 4.69) is 10.8 Å². The fourth-order valence-electron chi connectivity index (χ4n) is 2.51. The van der Waals surface area contributed by atoms with Crippen LogP contribution in [-0.4, -0.2) is 38.0 Å². The van der Waals surface area contributed by atoms with Gasteiger partial charge < -0.3 is 9.47 Å². The maximum atomic E-state index is 12.4. The van der Waals surface area contributed by atoms with Crippen molar-refractivity contribution in [2.45, 2.75) is 49.9 Å². The molecule has 0 radical (unpaired) electrons. The van der Waals surface area contributed by atoms with Gasteiger partial charge in [-0.2, -0.15) is 21.6 Å². The zero-order valence-electron chi connectivity index (χ0n) is 10.9. The second-order valence-corrected chi connectivity index (χ2v) is 6.80. The third-order valence-electron chi connectivity index (χ3n) is 3.29. The maximum Gasteiger partial charge on any atom is 0.523 e. The highest BCUT2D eigenvalue weighted by Crippen LogP contribution is 2.44. The molecule has 5 nitrogen and oxygen atoms in total. The molecule has 1 saturated carbocycles. The molecule has 0 aromatic rings. The van der Waals surface area contributed by atoms with Gasteiger partial charge in [0.05, 0.1) is 6.10 Å². The molecule has 4 atom stereocenters. The summed E-state index contributed by atoms with van der Waals surface area (Å²) in [5, 5.41) is 0. The lowest BCUT2D eigenvalue weighted by atomic mass is 10.1. The molecule has 1 heterocycles. The first kappa shape index (κ1) is 15.7. The van der Waals surface area contributed by atoms with Gasteiger partial charge in [0.25, 0.3) is 0 Å². The zero-order chi connectivity index (χ0) is 15.3. The summed E-state index contributed by atoms with van der Waals surface area (Å²) >= 11 is 0. The number of halogens is 3. The molecule has 1 saturated heterocycles. The summed E-state index contributed by atoms with van der Waals surface area (Å²) in [6.07, 6.45) is -1.12. The lowest BCUT2D eigenvalue weighted by molar-refractivity contribution is -0.163. The number of rotatable bonds is 3. The van der Waals surface area contributed by atoms with E-state index in [9.17, 15) is 21.6 Å². The van der Waals surface area contributed by atoms with E-state index in [4.69, 9.17) is 9.47 Å². The van der Waals surface area contributed by atoms with E-state index in [0.29, 0.717) is 0 Å². The monoisotopic (exact) mass is 316 g/mol. The molecule has 4 unspecified atom stereocenters. The van der Waals surface area contributed by atoms with Crippen molar-refractivity contribution in [3.05, 3.63) is 12.7 Å². The van der Waals surface area contributed by atoms with Crippen LogP contribution in [0.1, 0.15) is 20.3 Å². The fraction of sp³-hybridized carbons (Fsp3) is 0.818. The molecule has 20 heavy (non-hydrogen) atoms. The van der Waals surface area contributed by atoms with Crippen LogP contribution in [0.25, 0.3) is 0 Å². The first-order chi connectivity index (χ1) is 8.97. The molecule has 0 N–H and O–H groups in total.